The van der Waals surface area contributed by atoms with Gasteiger partial charge in [0.1, 0.15) is 11.8 Å². The van der Waals surface area contributed by atoms with Crippen molar-refractivity contribution in [2.24, 2.45) is 11.8 Å². The van der Waals surface area contributed by atoms with Crippen LogP contribution in [-0.2, 0) is 103 Å². The Kier molecular flexibility index (Phi) is 21.2. The molecule has 0 radical (unpaired) electrons. The number of hydrogen-bond acceptors (Lipinski definition) is 18. The maximum atomic E-state index is 13.7. The predicted molar refractivity (Wildman–Crippen MR) is 401 cm³/mol. The molecular formula is C82H84N8O16. The SMILES string of the molecule is C=CC1=C(C)c2cc3nc(cc4[nH]c(cc5[nH]c(cc1n2)c(C)c5CCC(=O)O)c(CCC(=O)OC)c4C)[C@]1(C)C3=CC=C(C(=O)OC)[C@@H]1C(=O)OC.C=CC1=C(C)c2cc3nc(cc4[nH]c(cc5[nH]c(cc1n2)c(C)c5CCC(=O)OC)c(CCC(=O)O)c4C)[C@]1(C)C3=CC=C(C(=O)OC)[C@@H]1C(=O)OC. The number of carbonyl (C=O) groups excluding carboxylic acids is 6. The lowest BCUT2D eigenvalue weighted by Gasteiger charge is -2.36. The number of esters is 6. The van der Waals surface area contributed by atoms with Crippen molar-refractivity contribution in [2.75, 3.05) is 42.7 Å². The van der Waals surface area contributed by atoms with Crippen LogP contribution in [0, 0.1) is 39.5 Å². The molecule has 2 aliphatic carbocycles. The zero-order valence-electron chi connectivity index (χ0n) is 61.7. The quantitative estimate of drug-likeness (QED) is 0.0344. The number of carboxylic acid groups (broad SMARTS) is 2. The number of rotatable bonds is 18. The molecule has 24 nitrogen and oxygen atoms in total. The minimum Gasteiger partial charge on any atom is -0.481 e. The van der Waals surface area contributed by atoms with Gasteiger partial charge in [0, 0.05) is 81.0 Å². The molecule has 0 amide bonds. The number of methoxy groups -OCH3 is 6. The van der Waals surface area contributed by atoms with E-state index < -0.39 is 58.5 Å². The van der Waals surface area contributed by atoms with Crippen LogP contribution in [0.25, 0.3) is 77.6 Å². The standard InChI is InChI=1S/2C41H42N4O8/c1-9-23-20(2)29-17-34-27-13-10-26(39(49)52-7)38(40(50)53-8)41(27,5)35(45-34)19-30-22(4)24(11-14-36(46)47)32(44-30)18-33-25(12-15-37(48)51-6)21(3)28(43-33)16-31(23)42-29;1-9-23-20(2)29-17-34-27-13-10-26(39(49)52-7)38(40(50)53-8)41(27,5)35(45-34)19-30-22(4)25(12-15-37(48)51-6)33(44-30)18-32-24(11-14-36(46)47)21(3)28(43-32)16-31(23)42-29/h2*9-10,13,16-19,38,43-44H,1,11-12,14-15H2,2-8H3,(H,46,47)/t2*38-,41+/m11/s1. The summed E-state index contributed by atoms with van der Waals surface area (Å²) in [5.74, 6) is -7.34. The summed E-state index contributed by atoms with van der Waals surface area (Å²) in [7, 11) is 7.78. The fourth-order valence-electron chi connectivity index (χ4n) is 15.4. The normalized spacial score (nSPS) is 17.8. The third-order valence-corrected chi connectivity index (χ3v) is 21.4. The Labute approximate surface area is 610 Å². The number of allylic oxidation sites excluding steroid dienone is 12. The number of aliphatic carboxylic acids is 2. The van der Waals surface area contributed by atoms with Crippen LogP contribution >= 0.6 is 0 Å². The molecule has 0 saturated heterocycles. The van der Waals surface area contributed by atoms with Gasteiger partial charge in [-0.25, -0.2) is 19.6 Å². The van der Waals surface area contributed by atoms with Gasteiger partial charge in [0.05, 0.1) is 110 Å². The number of carboxylic acids is 2. The van der Waals surface area contributed by atoms with E-state index in [0.29, 0.717) is 97.1 Å². The molecular weight excluding hydrogens is 1350 g/mol. The van der Waals surface area contributed by atoms with Gasteiger partial charge in [-0.2, -0.15) is 0 Å². The van der Waals surface area contributed by atoms with Gasteiger partial charge in [0.2, 0.25) is 0 Å². The fraction of sp³-hybridized carbons (Fsp3) is 0.317. The summed E-state index contributed by atoms with van der Waals surface area (Å²) >= 11 is 0. The van der Waals surface area contributed by atoms with Gasteiger partial charge in [-0.3, -0.25) is 38.7 Å². The number of H-pyrrole nitrogens is 4. The van der Waals surface area contributed by atoms with Crippen molar-refractivity contribution < 1.29 is 77.0 Å². The fourth-order valence-corrected chi connectivity index (χ4v) is 15.4. The highest BCUT2D eigenvalue weighted by atomic mass is 16.5. The van der Waals surface area contributed by atoms with E-state index in [-0.39, 0.29) is 61.6 Å². The summed E-state index contributed by atoms with van der Waals surface area (Å²) in [5, 5.41) is 19.3. The van der Waals surface area contributed by atoms with E-state index in [0.717, 1.165) is 83.4 Å². The zero-order valence-corrected chi connectivity index (χ0v) is 61.7. The lowest BCUT2D eigenvalue weighted by Crippen LogP contribution is -2.42. The van der Waals surface area contributed by atoms with E-state index in [4.69, 9.17) is 48.4 Å². The van der Waals surface area contributed by atoms with Crippen LogP contribution in [-0.4, -0.2) is 140 Å². The number of nitrogens with zero attached hydrogens (tertiary/aromatic N) is 4. The van der Waals surface area contributed by atoms with Crippen LogP contribution in [0.4, 0.5) is 0 Å². The van der Waals surface area contributed by atoms with Gasteiger partial charge in [0.25, 0.3) is 0 Å². The van der Waals surface area contributed by atoms with Gasteiger partial charge in [-0.1, -0.05) is 49.6 Å². The third-order valence-electron chi connectivity index (χ3n) is 21.4. The summed E-state index contributed by atoms with van der Waals surface area (Å²) in [4.78, 5) is 136. The van der Waals surface area contributed by atoms with E-state index in [1.807, 2.05) is 104 Å². The summed E-state index contributed by atoms with van der Waals surface area (Å²) < 4.78 is 30.7. The maximum absolute atomic E-state index is 13.7. The second-order valence-electron chi connectivity index (χ2n) is 27.0. The van der Waals surface area contributed by atoms with Crippen molar-refractivity contribution in [2.45, 2.75) is 118 Å². The number of hydrogen-bond donors (Lipinski definition) is 6. The number of carbonyl (C=O) groups is 8. The van der Waals surface area contributed by atoms with Crippen LogP contribution in [0.3, 0.4) is 0 Å². The molecule has 24 heteroatoms. The maximum Gasteiger partial charge on any atom is 0.334 e. The second-order valence-corrected chi connectivity index (χ2v) is 27.0. The number of fused-ring (bicyclic) bond motifs is 22. The van der Waals surface area contributed by atoms with Crippen molar-refractivity contribution in [3.05, 3.63) is 199 Å². The van der Waals surface area contributed by atoms with Crippen LogP contribution in [0.15, 0.2) is 109 Å². The Morgan fingerprint density at radius 3 is 1.02 bits per heavy atom. The van der Waals surface area contributed by atoms with Crippen LogP contribution in [0.2, 0.25) is 0 Å². The highest BCUT2D eigenvalue weighted by Crippen LogP contribution is 2.55. The Morgan fingerprint density at radius 2 is 0.726 bits per heavy atom. The minimum atomic E-state index is -1.18. The second kappa shape index (κ2) is 29.9. The molecule has 4 atom stereocenters. The number of aromatic nitrogens is 8. The summed E-state index contributed by atoms with van der Waals surface area (Å²) in [6, 6.07) is 15.2. The van der Waals surface area contributed by atoms with E-state index in [9.17, 15) is 48.6 Å². The van der Waals surface area contributed by atoms with Gasteiger partial charge >= 0.3 is 47.8 Å². The van der Waals surface area contributed by atoms with Gasteiger partial charge in [0.15, 0.2) is 0 Å². The largest absolute Gasteiger partial charge is 0.481 e. The van der Waals surface area contributed by atoms with Crippen molar-refractivity contribution >= 4 is 125 Å². The molecule has 548 valence electrons. The lowest BCUT2D eigenvalue weighted by molar-refractivity contribution is -0.149. The Bertz CT molecular complexity index is 5410. The van der Waals surface area contributed by atoms with E-state index in [2.05, 4.69) is 33.1 Å². The number of aromatic amines is 4. The molecule has 0 spiro atoms. The molecule has 4 aliphatic heterocycles. The topological polar surface area (TPSA) is 347 Å². The van der Waals surface area contributed by atoms with Gasteiger partial charge < -0.3 is 58.6 Å². The highest BCUT2D eigenvalue weighted by Gasteiger charge is 2.55. The van der Waals surface area contributed by atoms with Crippen LogP contribution in [0.1, 0.15) is 143 Å². The number of ether oxygens (including phenoxy) is 6. The Balaban J connectivity index is 0.000000212. The molecule has 0 saturated carbocycles. The summed E-state index contributed by atoms with van der Waals surface area (Å²) in [5.41, 5.74) is 19.8. The molecule has 106 heavy (non-hydrogen) atoms. The third kappa shape index (κ3) is 13.4. The first-order valence-electron chi connectivity index (χ1n) is 34.4. The first-order chi connectivity index (χ1) is 50.5. The Morgan fingerprint density at radius 1 is 0.406 bits per heavy atom. The average Bonchev–Trinajstić information content (AvgIpc) is 1.53. The smallest absolute Gasteiger partial charge is 0.334 e. The van der Waals surface area contributed by atoms with Crippen molar-refractivity contribution in [1.29, 1.82) is 0 Å². The van der Waals surface area contributed by atoms with Crippen LogP contribution in [0.5, 0.6) is 0 Å². The number of nitrogens with one attached hydrogen (secondary N) is 4. The molecule has 0 unspecified atom stereocenters. The monoisotopic (exact) mass is 1440 g/mol. The van der Waals surface area contributed by atoms with Crippen LogP contribution < -0.4 is 0 Å². The van der Waals surface area contributed by atoms with Crippen molar-refractivity contribution in [3.8, 4) is 0 Å². The van der Waals surface area contributed by atoms with E-state index in [1.165, 1.54) is 42.7 Å². The first-order valence-corrected chi connectivity index (χ1v) is 34.4. The summed E-state index contributed by atoms with van der Waals surface area (Å²) in [6.45, 7) is 23.5. The number of aryl methyl sites for hydroxylation is 8. The first kappa shape index (κ1) is 75.1. The van der Waals surface area contributed by atoms with E-state index in [1.54, 1.807) is 36.5 Å². The molecule has 16 bridgehead atoms. The molecule has 0 fully saturated rings. The highest BCUT2D eigenvalue weighted by molar-refractivity contribution is 6.04. The van der Waals surface area contributed by atoms with Crippen molar-refractivity contribution in [3.63, 3.8) is 0 Å². The zero-order chi connectivity index (χ0) is 76.7. The van der Waals surface area contributed by atoms with Gasteiger partial charge in [-0.15, -0.1) is 0 Å². The molecule has 6 aliphatic rings. The average molecular weight is 1440 g/mol. The Hall–Kier alpha value is -12.1. The van der Waals surface area contributed by atoms with Crippen molar-refractivity contribution in [1.82, 2.24) is 39.9 Å². The molecule has 12 rings (SSSR count). The molecule has 6 N–H and O–H groups in total. The molecule has 6 aromatic rings. The van der Waals surface area contributed by atoms with Gasteiger partial charge in [-0.05, 0) is 196 Å². The van der Waals surface area contributed by atoms with E-state index >= 15 is 0 Å². The molecule has 0 aromatic carbocycles. The predicted octanol–water partition coefficient (Wildman–Crippen LogP) is 12.8. The minimum absolute atomic E-state index is 0.0715. The molecule has 10 heterocycles. The summed E-state index contributed by atoms with van der Waals surface area (Å²) in [6.07, 6.45) is 11.6. The lowest BCUT2D eigenvalue weighted by atomic mass is 9.64. The molecule has 6 aromatic heterocycles.